The van der Waals surface area contributed by atoms with Crippen LogP contribution in [0.25, 0.3) is 72.7 Å². The average molecular weight is 996 g/mol. The van der Waals surface area contributed by atoms with Gasteiger partial charge in [-0.1, -0.05) is 158 Å². The number of aromatic nitrogens is 3. The molecule has 0 radical (unpaired) electrons. The molecule has 8 aromatic rings. The van der Waals surface area contributed by atoms with E-state index in [-0.39, 0.29) is 71.8 Å². The standard InChI is InChI=1S/C56H56N3O.Pt/c1-35-27-44(34-46(36(35)2)38-21-16-13-17-22-38)59-50-24-18-23-45(51(50)58-53(59)47-32-43(55(6,7)8)33-48(52(47)60)56(9,10)11)40-28-41(30-42(29-40)54(3,4)5)49-31-39(25-26-57-49)37-19-14-12-15-20-37;/h12-27,29-34,60H,1-11H3;/q-1;/i1D3,2D3,12D,14D,15D,19D,20D,25D,26D,31D;. The minimum atomic E-state index is -2.90. The van der Waals surface area contributed by atoms with Crippen LogP contribution in [-0.4, -0.2) is 19.6 Å². The molecule has 0 aliphatic carbocycles. The van der Waals surface area contributed by atoms with Crippen molar-refractivity contribution in [3.8, 4) is 67.5 Å². The number of aryl methyl sites for hydroxylation is 1. The Kier molecular flexibility index (Phi) is 7.74. The van der Waals surface area contributed by atoms with Gasteiger partial charge in [0, 0.05) is 52.4 Å². The van der Waals surface area contributed by atoms with Gasteiger partial charge in [-0.25, -0.2) is 4.98 Å². The smallest absolute Gasteiger partial charge is 0.148 e. The zero-order chi connectivity index (χ0) is 54.7. The number of phenolic OH excluding ortho intramolecular Hbond substituents is 1. The van der Waals surface area contributed by atoms with E-state index in [0.717, 1.165) is 11.1 Å². The van der Waals surface area contributed by atoms with Crippen LogP contribution in [0.5, 0.6) is 5.75 Å². The van der Waals surface area contributed by atoms with Crippen molar-refractivity contribution in [1.29, 1.82) is 0 Å². The maximum Gasteiger partial charge on any atom is 0.148 e. The summed E-state index contributed by atoms with van der Waals surface area (Å²) in [5, 5.41) is 12.5. The molecule has 2 aromatic heterocycles. The van der Waals surface area contributed by atoms with Crippen LogP contribution in [-0.2, 0) is 37.3 Å². The summed E-state index contributed by atoms with van der Waals surface area (Å²) in [6, 6.07) is 23.7. The zero-order valence-corrected chi connectivity index (χ0v) is 38.0. The van der Waals surface area contributed by atoms with Crippen molar-refractivity contribution in [1.82, 2.24) is 14.5 Å². The van der Waals surface area contributed by atoms with Crippen LogP contribution in [0.1, 0.15) is 109 Å². The maximum absolute atomic E-state index is 12.5. The summed E-state index contributed by atoms with van der Waals surface area (Å²) in [4.78, 5) is 9.77. The molecule has 0 saturated carbocycles. The minimum Gasteiger partial charge on any atom is -0.507 e. The van der Waals surface area contributed by atoms with E-state index in [9.17, 15) is 6.48 Å². The normalized spacial score (nSPS) is 15.8. The van der Waals surface area contributed by atoms with E-state index >= 15 is 0 Å². The summed E-state index contributed by atoms with van der Waals surface area (Å²) in [5.41, 5.74) is 2.26. The van der Waals surface area contributed by atoms with Crippen molar-refractivity contribution in [2.24, 2.45) is 0 Å². The number of imidazole rings is 1. The Bertz CT molecular complexity index is 3550. The van der Waals surface area contributed by atoms with E-state index in [1.807, 2.05) is 65.8 Å². The molecule has 4 nitrogen and oxygen atoms in total. The van der Waals surface area contributed by atoms with Crippen molar-refractivity contribution < 1.29 is 45.4 Å². The van der Waals surface area contributed by atoms with Crippen LogP contribution in [0.2, 0.25) is 0 Å². The number of rotatable bonds is 6. The van der Waals surface area contributed by atoms with Crippen molar-refractivity contribution in [2.75, 3.05) is 0 Å². The van der Waals surface area contributed by atoms with Crippen molar-refractivity contribution >= 4 is 11.0 Å². The van der Waals surface area contributed by atoms with Gasteiger partial charge in [-0.15, -0.1) is 29.3 Å². The summed E-state index contributed by atoms with van der Waals surface area (Å²) >= 11 is 0. The molecule has 0 fully saturated rings. The van der Waals surface area contributed by atoms with Crippen LogP contribution in [0.3, 0.4) is 0 Å². The number of para-hydroxylation sites is 1. The quantitative estimate of drug-likeness (QED) is 0.169. The molecule has 6 aromatic carbocycles. The molecule has 0 unspecified atom stereocenters. The molecule has 5 heteroatoms. The molecule has 312 valence electrons. The number of benzene rings is 6. The molecule has 0 saturated heterocycles. The van der Waals surface area contributed by atoms with E-state index in [1.165, 1.54) is 6.07 Å². The summed E-state index contributed by atoms with van der Waals surface area (Å²) in [6.07, 6.45) is -0.595. The van der Waals surface area contributed by atoms with Gasteiger partial charge in [-0.05, 0) is 99.2 Å². The Labute approximate surface area is 396 Å². The number of aromatic hydroxyl groups is 1. The molecule has 0 aliphatic heterocycles. The summed E-state index contributed by atoms with van der Waals surface area (Å²) < 4.78 is 124. The summed E-state index contributed by atoms with van der Waals surface area (Å²) in [7, 11) is 0. The molecule has 2 heterocycles. The van der Waals surface area contributed by atoms with Crippen molar-refractivity contribution in [3.63, 3.8) is 0 Å². The Morgan fingerprint density at radius 2 is 1.36 bits per heavy atom. The maximum atomic E-state index is 12.5. The van der Waals surface area contributed by atoms with Gasteiger partial charge in [0.1, 0.15) is 11.6 Å². The molecule has 0 aliphatic rings. The van der Waals surface area contributed by atoms with E-state index in [4.69, 9.17) is 22.8 Å². The fourth-order valence-electron chi connectivity index (χ4n) is 7.39. The first kappa shape index (κ1) is 28.9. The Morgan fingerprint density at radius 1 is 0.656 bits per heavy atom. The second-order valence-electron chi connectivity index (χ2n) is 18.3. The Balaban J connectivity index is 0.00000820. The first-order chi connectivity index (χ1) is 34.1. The number of pyridine rings is 1. The molecular formula is C56H56N3OPt-. The average Bonchev–Trinajstić information content (AvgIpc) is 3.70. The molecule has 0 atom stereocenters. The van der Waals surface area contributed by atoms with E-state index < -0.39 is 84.0 Å². The first-order valence-electron chi connectivity index (χ1n) is 26.9. The van der Waals surface area contributed by atoms with E-state index in [0.29, 0.717) is 38.9 Å². The third-order valence-corrected chi connectivity index (χ3v) is 10.8. The summed E-state index contributed by atoms with van der Waals surface area (Å²) in [5.74, 6) is 0.160. The largest absolute Gasteiger partial charge is 0.507 e. The van der Waals surface area contributed by atoms with Crippen LogP contribution >= 0.6 is 0 Å². The van der Waals surface area contributed by atoms with Gasteiger partial charge in [0.2, 0.25) is 0 Å². The number of hydrogen-bond donors (Lipinski definition) is 1. The molecule has 0 bridgehead atoms. The van der Waals surface area contributed by atoms with Crippen molar-refractivity contribution in [2.45, 2.75) is 92.3 Å². The fraction of sp³-hybridized carbons (Fsp3) is 0.250. The molecule has 0 spiro atoms. The summed E-state index contributed by atoms with van der Waals surface area (Å²) in [6.45, 7) is 12.3. The second kappa shape index (κ2) is 16.4. The first-order valence-corrected chi connectivity index (χ1v) is 19.9. The number of phenols is 1. The minimum absolute atomic E-state index is 0. The van der Waals surface area contributed by atoms with E-state index in [1.54, 1.807) is 59.2 Å². The van der Waals surface area contributed by atoms with Gasteiger partial charge in [-0.3, -0.25) is 9.55 Å². The monoisotopic (exact) mass is 995 g/mol. The molecule has 0 amide bonds. The predicted molar refractivity (Wildman–Crippen MR) is 252 cm³/mol. The van der Waals surface area contributed by atoms with Gasteiger partial charge >= 0.3 is 0 Å². The number of hydrogen-bond acceptors (Lipinski definition) is 3. The third-order valence-electron chi connectivity index (χ3n) is 10.8. The van der Waals surface area contributed by atoms with Crippen LogP contribution < -0.4 is 0 Å². The second-order valence-corrected chi connectivity index (χ2v) is 18.3. The van der Waals surface area contributed by atoms with Crippen LogP contribution in [0, 0.1) is 19.8 Å². The Morgan fingerprint density at radius 3 is 2.03 bits per heavy atom. The SMILES string of the molecule is [2H]c1nc(-c2[c-]c(-c3cccc4c3nc(-c3cc(C(C)(C)C)cc(C(C)(C)C)c3O)n4-c3cc(-c4ccccc4)c(C([2H])([2H])[2H])c(C([2H])([2H])[2H])c3)cc(C(C)(C)C)c2)c([2H])c(-c2c([2H])c([2H])c([2H])c([2H])c2[2H])c1[2H].[Pt]. The molecule has 61 heavy (non-hydrogen) atoms. The molecule has 1 N–H and O–H groups in total. The van der Waals surface area contributed by atoms with Gasteiger partial charge in [0.05, 0.1) is 27.6 Å². The number of fused-ring (bicyclic) bond motifs is 1. The van der Waals surface area contributed by atoms with Gasteiger partial charge < -0.3 is 5.11 Å². The number of nitrogens with zero attached hydrogens (tertiary/aromatic N) is 3. The Hall–Kier alpha value is -5.57. The van der Waals surface area contributed by atoms with E-state index in [2.05, 4.69) is 31.8 Å². The fourth-order valence-corrected chi connectivity index (χ4v) is 7.39. The van der Waals surface area contributed by atoms with Crippen LogP contribution in [0.4, 0.5) is 0 Å². The van der Waals surface area contributed by atoms with Gasteiger partial charge in [0.15, 0.2) is 0 Å². The third kappa shape index (κ3) is 8.53. The topological polar surface area (TPSA) is 50.9 Å². The van der Waals surface area contributed by atoms with Crippen LogP contribution in [0.15, 0.2) is 133 Å². The zero-order valence-electron chi connectivity index (χ0n) is 49.7. The predicted octanol–water partition coefficient (Wildman–Crippen LogP) is 14.8. The molecule has 8 rings (SSSR count). The van der Waals surface area contributed by atoms with Gasteiger partial charge in [-0.2, -0.15) is 0 Å². The molecular weight excluding hydrogens is 926 g/mol. The van der Waals surface area contributed by atoms with Crippen molar-refractivity contribution in [3.05, 3.63) is 167 Å². The van der Waals surface area contributed by atoms with Gasteiger partial charge in [0.25, 0.3) is 0 Å².